The summed E-state index contributed by atoms with van der Waals surface area (Å²) in [6, 6.07) is 11.5. The molecule has 0 radical (unpaired) electrons. The van der Waals surface area contributed by atoms with Crippen molar-refractivity contribution in [2.75, 3.05) is 24.5 Å². The van der Waals surface area contributed by atoms with Crippen LogP contribution in [0.15, 0.2) is 53.3 Å². The van der Waals surface area contributed by atoms with Crippen molar-refractivity contribution < 1.29 is 14.3 Å². The molecule has 2 aromatic rings. The van der Waals surface area contributed by atoms with Crippen molar-refractivity contribution in [1.29, 1.82) is 0 Å². The fourth-order valence-electron chi connectivity index (χ4n) is 3.79. The van der Waals surface area contributed by atoms with Gasteiger partial charge < -0.3 is 14.5 Å². The average molecular weight is 444 g/mol. The number of benzene rings is 1. The van der Waals surface area contributed by atoms with Crippen molar-refractivity contribution >= 4 is 33.4 Å². The molecule has 4 rings (SSSR count). The van der Waals surface area contributed by atoms with E-state index in [1.165, 1.54) is 0 Å². The van der Waals surface area contributed by atoms with Crippen molar-refractivity contribution in [3.63, 3.8) is 0 Å². The molecule has 2 aliphatic rings. The van der Waals surface area contributed by atoms with Gasteiger partial charge in [-0.2, -0.15) is 0 Å². The smallest absolute Gasteiger partial charge is 0.239 e. The van der Waals surface area contributed by atoms with Crippen LogP contribution in [-0.2, 0) is 20.9 Å². The van der Waals surface area contributed by atoms with Gasteiger partial charge in [-0.15, -0.1) is 0 Å². The number of pyridine rings is 1. The molecule has 2 amide bonds. The summed E-state index contributed by atoms with van der Waals surface area (Å²) >= 11 is 3.43. The molecule has 1 aromatic heterocycles. The highest BCUT2D eigenvalue weighted by atomic mass is 79.9. The Morgan fingerprint density at radius 2 is 2.11 bits per heavy atom. The Bertz CT molecular complexity index is 861. The van der Waals surface area contributed by atoms with Gasteiger partial charge >= 0.3 is 0 Å². The Balaban J connectivity index is 1.33. The standard InChI is InChI=1S/C21H22BrN3O3/c22-16-4-1-5-17(11-16)25-10-7-19(21(25)27)20(26)24-9-6-18(13-24)28-14-15-3-2-8-23-12-15/h1-5,8,11-12,18-19H,6-7,9-10,13-14H2/t18-,19+/m0/s1. The zero-order chi connectivity index (χ0) is 19.5. The molecule has 6 nitrogen and oxygen atoms in total. The quantitative estimate of drug-likeness (QED) is 0.666. The maximum Gasteiger partial charge on any atom is 0.239 e. The third kappa shape index (κ3) is 4.10. The number of carbonyl (C=O) groups is 2. The van der Waals surface area contributed by atoms with Crippen LogP contribution in [0.1, 0.15) is 18.4 Å². The lowest BCUT2D eigenvalue weighted by Crippen LogP contribution is -2.39. The molecular formula is C21H22BrN3O3. The van der Waals surface area contributed by atoms with Crippen LogP contribution < -0.4 is 4.90 Å². The second kappa shape index (κ2) is 8.41. The molecule has 7 heteroatoms. The molecule has 3 heterocycles. The Kier molecular flexibility index (Phi) is 5.73. The van der Waals surface area contributed by atoms with E-state index in [2.05, 4.69) is 20.9 Å². The van der Waals surface area contributed by atoms with Gasteiger partial charge in [0.15, 0.2) is 0 Å². The summed E-state index contributed by atoms with van der Waals surface area (Å²) in [5, 5.41) is 0. The maximum atomic E-state index is 12.9. The van der Waals surface area contributed by atoms with Crippen LogP contribution in [-0.4, -0.2) is 47.4 Å². The minimum atomic E-state index is -0.587. The van der Waals surface area contributed by atoms with Crippen LogP contribution in [0.3, 0.4) is 0 Å². The number of aromatic nitrogens is 1. The molecule has 0 aliphatic carbocycles. The predicted octanol–water partition coefficient (Wildman–Crippen LogP) is 3.01. The summed E-state index contributed by atoms with van der Waals surface area (Å²) in [4.78, 5) is 33.3. The van der Waals surface area contributed by atoms with Gasteiger partial charge in [-0.3, -0.25) is 14.6 Å². The van der Waals surface area contributed by atoms with Gasteiger partial charge in [0.2, 0.25) is 11.8 Å². The fourth-order valence-corrected chi connectivity index (χ4v) is 4.18. The molecule has 0 bridgehead atoms. The van der Waals surface area contributed by atoms with E-state index in [4.69, 9.17) is 4.74 Å². The van der Waals surface area contributed by atoms with Gasteiger partial charge in [0.05, 0.1) is 12.7 Å². The third-order valence-electron chi connectivity index (χ3n) is 5.29. The van der Waals surface area contributed by atoms with Crippen LogP contribution in [0, 0.1) is 5.92 Å². The van der Waals surface area contributed by atoms with E-state index < -0.39 is 5.92 Å². The van der Waals surface area contributed by atoms with Crippen LogP contribution in [0.2, 0.25) is 0 Å². The van der Waals surface area contributed by atoms with E-state index in [0.717, 1.165) is 22.1 Å². The summed E-state index contributed by atoms with van der Waals surface area (Å²) in [5.74, 6) is -0.770. The highest BCUT2D eigenvalue weighted by Gasteiger charge is 2.41. The first-order chi connectivity index (χ1) is 13.6. The number of hydrogen-bond donors (Lipinski definition) is 0. The number of amides is 2. The first kappa shape index (κ1) is 19.1. The van der Waals surface area contributed by atoms with Gasteiger partial charge in [0.1, 0.15) is 5.92 Å². The minimum absolute atomic E-state index is 0.00171. The van der Waals surface area contributed by atoms with E-state index in [0.29, 0.717) is 32.7 Å². The number of ether oxygens (including phenoxy) is 1. The molecule has 2 atom stereocenters. The molecule has 0 N–H and O–H groups in total. The van der Waals surface area contributed by atoms with Gasteiger partial charge in [-0.05, 0) is 42.7 Å². The molecular weight excluding hydrogens is 422 g/mol. The number of halogens is 1. The summed E-state index contributed by atoms with van der Waals surface area (Å²) in [7, 11) is 0. The lowest BCUT2D eigenvalue weighted by atomic mass is 10.1. The van der Waals surface area contributed by atoms with Gasteiger partial charge in [0, 0.05) is 42.2 Å². The van der Waals surface area contributed by atoms with Gasteiger partial charge in [-0.25, -0.2) is 0 Å². The molecule has 28 heavy (non-hydrogen) atoms. The minimum Gasteiger partial charge on any atom is -0.372 e. The first-order valence-electron chi connectivity index (χ1n) is 9.48. The largest absolute Gasteiger partial charge is 0.372 e. The van der Waals surface area contributed by atoms with Crippen molar-refractivity contribution in [3.8, 4) is 0 Å². The Morgan fingerprint density at radius 3 is 2.89 bits per heavy atom. The van der Waals surface area contributed by atoms with Gasteiger partial charge in [0.25, 0.3) is 0 Å². The van der Waals surface area contributed by atoms with E-state index >= 15 is 0 Å². The highest BCUT2D eigenvalue weighted by Crippen LogP contribution is 2.29. The number of likely N-dealkylation sites (tertiary alicyclic amines) is 1. The molecule has 2 fully saturated rings. The Morgan fingerprint density at radius 1 is 1.21 bits per heavy atom. The lowest BCUT2D eigenvalue weighted by molar-refractivity contribution is -0.139. The summed E-state index contributed by atoms with van der Waals surface area (Å²) in [6.07, 6.45) is 4.87. The number of nitrogens with zero attached hydrogens (tertiary/aromatic N) is 3. The highest BCUT2D eigenvalue weighted by molar-refractivity contribution is 9.10. The zero-order valence-corrected chi connectivity index (χ0v) is 17.0. The van der Waals surface area contributed by atoms with Crippen LogP contribution in [0.5, 0.6) is 0 Å². The topological polar surface area (TPSA) is 62.7 Å². The Labute approximate surface area is 172 Å². The maximum absolute atomic E-state index is 12.9. The number of anilines is 1. The predicted molar refractivity (Wildman–Crippen MR) is 109 cm³/mol. The SMILES string of the molecule is O=C([C@H]1CCN(c2cccc(Br)c2)C1=O)N1CC[C@H](OCc2cccnc2)C1. The zero-order valence-electron chi connectivity index (χ0n) is 15.5. The molecule has 1 aromatic carbocycles. The van der Waals surface area contributed by atoms with Crippen molar-refractivity contribution in [1.82, 2.24) is 9.88 Å². The molecule has 2 saturated heterocycles. The lowest BCUT2D eigenvalue weighted by Gasteiger charge is -2.21. The van der Waals surface area contributed by atoms with Crippen LogP contribution >= 0.6 is 15.9 Å². The van der Waals surface area contributed by atoms with E-state index in [1.54, 1.807) is 22.2 Å². The van der Waals surface area contributed by atoms with Crippen molar-refractivity contribution in [2.24, 2.45) is 5.92 Å². The molecule has 0 unspecified atom stereocenters. The average Bonchev–Trinajstić information content (AvgIpc) is 3.33. The summed E-state index contributed by atoms with van der Waals surface area (Å²) < 4.78 is 6.85. The monoisotopic (exact) mass is 443 g/mol. The second-order valence-corrected chi connectivity index (χ2v) is 8.09. The Hall–Kier alpha value is -2.25. The number of carbonyl (C=O) groups excluding carboxylic acids is 2. The number of rotatable bonds is 5. The summed E-state index contributed by atoms with van der Waals surface area (Å²) in [6.45, 7) is 2.23. The van der Waals surface area contributed by atoms with E-state index in [1.807, 2.05) is 36.4 Å². The summed E-state index contributed by atoms with van der Waals surface area (Å²) in [5.41, 5.74) is 1.84. The molecule has 0 spiro atoms. The molecule has 0 saturated carbocycles. The normalized spacial score (nSPS) is 22.1. The van der Waals surface area contributed by atoms with Crippen LogP contribution in [0.25, 0.3) is 0 Å². The number of hydrogen-bond acceptors (Lipinski definition) is 4. The third-order valence-corrected chi connectivity index (χ3v) is 5.78. The first-order valence-corrected chi connectivity index (χ1v) is 10.3. The second-order valence-electron chi connectivity index (χ2n) is 7.18. The molecule has 146 valence electrons. The van der Waals surface area contributed by atoms with Crippen LogP contribution in [0.4, 0.5) is 5.69 Å². The van der Waals surface area contributed by atoms with E-state index in [-0.39, 0.29) is 17.9 Å². The van der Waals surface area contributed by atoms with Gasteiger partial charge in [-0.1, -0.05) is 28.1 Å². The molecule has 2 aliphatic heterocycles. The van der Waals surface area contributed by atoms with E-state index in [9.17, 15) is 9.59 Å². The van der Waals surface area contributed by atoms with Crippen molar-refractivity contribution in [2.45, 2.75) is 25.6 Å². The van der Waals surface area contributed by atoms with Crippen molar-refractivity contribution in [3.05, 3.63) is 58.8 Å². The fraction of sp³-hybridized carbons (Fsp3) is 0.381.